The molecule has 1 aromatic carbocycles. The maximum atomic E-state index is 5.92. The minimum Gasteiger partial charge on any atom is -0.383 e. The maximum Gasteiger partial charge on any atom is 0.136 e. The third-order valence-corrected chi connectivity index (χ3v) is 3.59. The van der Waals surface area contributed by atoms with E-state index in [0.29, 0.717) is 5.82 Å². The lowest BCUT2D eigenvalue weighted by molar-refractivity contribution is 0.573. The Morgan fingerprint density at radius 2 is 2.12 bits per heavy atom. The summed E-state index contributed by atoms with van der Waals surface area (Å²) in [6, 6.07) is 8.25. The summed E-state index contributed by atoms with van der Waals surface area (Å²) < 4.78 is 3.68. The highest BCUT2D eigenvalue weighted by atomic mass is 79.9. The molecule has 0 aliphatic rings. The molecule has 2 rings (SSSR count). The van der Waals surface area contributed by atoms with Crippen molar-refractivity contribution in [2.24, 2.45) is 0 Å². The molecule has 0 saturated heterocycles. The first kappa shape index (κ1) is 11.7. The second-order valence-corrected chi connectivity index (χ2v) is 5.32. The van der Waals surface area contributed by atoms with Crippen molar-refractivity contribution in [1.82, 2.24) is 9.78 Å². The zero-order valence-electron chi connectivity index (χ0n) is 8.69. The average Bonchev–Trinajstić information content (AvgIpc) is 2.59. The molecule has 1 unspecified atom stereocenters. The van der Waals surface area contributed by atoms with Crippen LogP contribution in [0.25, 0.3) is 0 Å². The van der Waals surface area contributed by atoms with E-state index in [-0.39, 0.29) is 6.04 Å². The Balaban J connectivity index is 2.39. The number of rotatable bonds is 2. The number of hydrogen-bond acceptors (Lipinski definition) is 2. The monoisotopic (exact) mass is 343 g/mol. The summed E-state index contributed by atoms with van der Waals surface area (Å²) in [5.41, 5.74) is 7.08. The zero-order valence-corrected chi connectivity index (χ0v) is 11.9. The van der Waals surface area contributed by atoms with Crippen molar-refractivity contribution >= 4 is 37.7 Å². The number of nitrogens with two attached hydrogens (primary N) is 1. The van der Waals surface area contributed by atoms with Crippen LogP contribution >= 0.6 is 31.9 Å². The molecule has 0 spiro atoms. The van der Waals surface area contributed by atoms with Crippen molar-refractivity contribution in [2.75, 3.05) is 5.73 Å². The van der Waals surface area contributed by atoms with E-state index in [1.54, 1.807) is 10.9 Å². The molecule has 84 valence electrons. The Labute approximate surface area is 111 Å². The molecule has 0 aliphatic heterocycles. The fraction of sp³-hybridized carbons (Fsp3) is 0.182. The Hall–Kier alpha value is -0.810. The predicted octanol–water partition coefficient (Wildman–Crippen LogP) is 3.60. The average molecular weight is 345 g/mol. The van der Waals surface area contributed by atoms with Gasteiger partial charge in [0.25, 0.3) is 0 Å². The van der Waals surface area contributed by atoms with Crippen LogP contribution in [0.2, 0.25) is 0 Å². The first-order chi connectivity index (χ1) is 7.59. The first-order valence-electron chi connectivity index (χ1n) is 4.83. The van der Waals surface area contributed by atoms with Gasteiger partial charge in [-0.05, 0) is 40.5 Å². The molecule has 3 nitrogen and oxygen atoms in total. The minimum absolute atomic E-state index is 0.115. The van der Waals surface area contributed by atoms with Gasteiger partial charge < -0.3 is 5.73 Å². The van der Waals surface area contributed by atoms with Crippen LogP contribution in [0.3, 0.4) is 0 Å². The molecule has 16 heavy (non-hydrogen) atoms. The maximum absolute atomic E-state index is 5.92. The highest BCUT2D eigenvalue weighted by Gasteiger charge is 2.13. The number of nitrogens with zero attached hydrogens (tertiary/aromatic N) is 2. The Bertz CT molecular complexity index is 508. The van der Waals surface area contributed by atoms with Crippen LogP contribution in [0.15, 0.2) is 39.4 Å². The molecule has 1 heterocycles. The van der Waals surface area contributed by atoms with E-state index in [1.165, 1.54) is 0 Å². The van der Waals surface area contributed by atoms with E-state index in [1.807, 2.05) is 12.1 Å². The lowest BCUT2D eigenvalue weighted by Crippen LogP contribution is -2.11. The molecule has 0 bridgehead atoms. The summed E-state index contributed by atoms with van der Waals surface area (Å²) in [7, 11) is 0. The topological polar surface area (TPSA) is 43.8 Å². The van der Waals surface area contributed by atoms with E-state index in [0.717, 1.165) is 14.5 Å². The smallest absolute Gasteiger partial charge is 0.136 e. The van der Waals surface area contributed by atoms with Gasteiger partial charge in [-0.15, -0.1) is 0 Å². The molecule has 0 fully saturated rings. The van der Waals surface area contributed by atoms with Crippen LogP contribution in [0, 0.1) is 0 Å². The highest BCUT2D eigenvalue weighted by molar-refractivity contribution is 9.10. The molecule has 0 amide bonds. The molecule has 2 N–H and O–H groups in total. The van der Waals surface area contributed by atoms with Gasteiger partial charge in [-0.2, -0.15) is 5.10 Å². The summed E-state index contributed by atoms with van der Waals surface area (Å²) in [4.78, 5) is 0. The number of nitrogen functional groups attached to an aromatic ring is 1. The van der Waals surface area contributed by atoms with Crippen LogP contribution < -0.4 is 5.73 Å². The fourth-order valence-electron chi connectivity index (χ4n) is 1.57. The van der Waals surface area contributed by atoms with E-state index < -0.39 is 0 Å². The summed E-state index contributed by atoms with van der Waals surface area (Å²) in [6.07, 6.45) is 1.71. The highest BCUT2D eigenvalue weighted by Crippen LogP contribution is 2.26. The number of benzene rings is 1. The van der Waals surface area contributed by atoms with Crippen molar-refractivity contribution in [3.05, 3.63) is 45.0 Å². The standard InChI is InChI=1S/C11H11Br2N3/c1-7(8-3-2-4-9(12)5-8)16-11(14)10(13)6-15-16/h2-7H,14H2,1H3. The van der Waals surface area contributed by atoms with Crippen molar-refractivity contribution < 1.29 is 0 Å². The molecule has 0 radical (unpaired) electrons. The number of anilines is 1. The van der Waals surface area contributed by atoms with Gasteiger partial charge in [-0.3, -0.25) is 0 Å². The van der Waals surface area contributed by atoms with E-state index >= 15 is 0 Å². The summed E-state index contributed by atoms with van der Waals surface area (Å²) in [6.45, 7) is 2.07. The van der Waals surface area contributed by atoms with Crippen LogP contribution in [0.4, 0.5) is 5.82 Å². The molecule has 1 aromatic heterocycles. The van der Waals surface area contributed by atoms with E-state index in [2.05, 4.69) is 56.0 Å². The van der Waals surface area contributed by atoms with Crippen LogP contribution in [-0.4, -0.2) is 9.78 Å². The molecule has 2 aromatic rings. The second-order valence-electron chi connectivity index (χ2n) is 3.55. The Morgan fingerprint density at radius 1 is 1.38 bits per heavy atom. The quantitative estimate of drug-likeness (QED) is 0.904. The van der Waals surface area contributed by atoms with Gasteiger partial charge >= 0.3 is 0 Å². The molecule has 5 heteroatoms. The second kappa shape index (κ2) is 4.59. The van der Waals surface area contributed by atoms with Crippen LogP contribution in [0.5, 0.6) is 0 Å². The number of hydrogen-bond donors (Lipinski definition) is 1. The molecular weight excluding hydrogens is 334 g/mol. The van der Waals surface area contributed by atoms with E-state index in [9.17, 15) is 0 Å². The SMILES string of the molecule is CC(c1cccc(Br)c1)n1ncc(Br)c1N. The molecule has 0 aliphatic carbocycles. The van der Waals surface area contributed by atoms with Gasteiger partial charge in [0.2, 0.25) is 0 Å². The minimum atomic E-state index is 0.115. The van der Waals surface area contributed by atoms with Gasteiger partial charge in [0.1, 0.15) is 5.82 Å². The van der Waals surface area contributed by atoms with Gasteiger partial charge in [0.15, 0.2) is 0 Å². The molecular formula is C11H11Br2N3. The van der Waals surface area contributed by atoms with Gasteiger partial charge in [-0.25, -0.2) is 4.68 Å². The van der Waals surface area contributed by atoms with Crippen molar-refractivity contribution in [3.63, 3.8) is 0 Å². The predicted molar refractivity (Wildman–Crippen MR) is 72.3 cm³/mol. The normalized spacial score (nSPS) is 12.7. The largest absolute Gasteiger partial charge is 0.383 e. The lowest BCUT2D eigenvalue weighted by atomic mass is 10.1. The summed E-state index contributed by atoms with van der Waals surface area (Å²) in [5.74, 6) is 0.646. The third-order valence-electron chi connectivity index (χ3n) is 2.48. The van der Waals surface area contributed by atoms with Gasteiger partial charge in [0.05, 0.1) is 16.7 Å². The summed E-state index contributed by atoms with van der Waals surface area (Å²) in [5, 5.41) is 4.25. The summed E-state index contributed by atoms with van der Waals surface area (Å²) >= 11 is 6.81. The lowest BCUT2D eigenvalue weighted by Gasteiger charge is -2.14. The van der Waals surface area contributed by atoms with Crippen LogP contribution in [0.1, 0.15) is 18.5 Å². The molecule has 1 atom stereocenters. The number of aromatic nitrogens is 2. The van der Waals surface area contributed by atoms with E-state index in [4.69, 9.17) is 5.73 Å². The van der Waals surface area contributed by atoms with Crippen molar-refractivity contribution in [3.8, 4) is 0 Å². The van der Waals surface area contributed by atoms with Gasteiger partial charge in [0, 0.05) is 4.47 Å². The molecule has 0 saturated carbocycles. The third kappa shape index (κ3) is 2.15. The first-order valence-corrected chi connectivity index (χ1v) is 6.42. The number of halogens is 2. The van der Waals surface area contributed by atoms with Crippen molar-refractivity contribution in [1.29, 1.82) is 0 Å². The van der Waals surface area contributed by atoms with Gasteiger partial charge in [-0.1, -0.05) is 28.1 Å². The fourth-order valence-corrected chi connectivity index (χ4v) is 2.26. The zero-order chi connectivity index (χ0) is 11.7. The van der Waals surface area contributed by atoms with Crippen molar-refractivity contribution in [2.45, 2.75) is 13.0 Å². The Morgan fingerprint density at radius 3 is 2.69 bits per heavy atom. The van der Waals surface area contributed by atoms with Crippen LogP contribution in [-0.2, 0) is 0 Å². The Kier molecular flexibility index (Phi) is 3.35.